The average Bonchev–Trinajstić information content (AvgIpc) is 3.34. The summed E-state index contributed by atoms with van der Waals surface area (Å²) in [5.74, 6) is -0.347. The third-order valence-corrected chi connectivity index (χ3v) is 6.18. The van der Waals surface area contributed by atoms with Crippen molar-refractivity contribution in [3.63, 3.8) is 0 Å². The number of carbonyl (C=O) groups is 1. The van der Waals surface area contributed by atoms with Crippen molar-refractivity contribution in [3.8, 4) is 23.1 Å². The molecule has 34 heavy (non-hydrogen) atoms. The summed E-state index contributed by atoms with van der Waals surface area (Å²) in [6.07, 6.45) is 3.18. The lowest BCUT2D eigenvalue weighted by molar-refractivity contribution is 0.0931. The molecule has 1 saturated heterocycles. The van der Waals surface area contributed by atoms with E-state index < -0.39 is 11.9 Å². The largest absolute Gasteiger partial charge is 0.477 e. The van der Waals surface area contributed by atoms with Crippen LogP contribution in [0.5, 0.6) is 5.88 Å². The highest BCUT2D eigenvalue weighted by molar-refractivity contribution is 5.99. The summed E-state index contributed by atoms with van der Waals surface area (Å²) in [4.78, 5) is 20.7. The highest BCUT2D eigenvalue weighted by Gasteiger charge is 2.27. The fraction of sp³-hybridized carbons (Fsp3) is 0.333. The molecule has 0 aliphatic carbocycles. The first kappa shape index (κ1) is 21.9. The van der Waals surface area contributed by atoms with Gasteiger partial charge in [0.1, 0.15) is 11.9 Å². The number of carbonyl (C=O) groups excluding carboxylic acids is 1. The van der Waals surface area contributed by atoms with Crippen LogP contribution in [0.15, 0.2) is 24.5 Å². The third kappa shape index (κ3) is 3.84. The predicted octanol–water partition coefficient (Wildman–Crippen LogP) is 4.05. The fourth-order valence-electron chi connectivity index (χ4n) is 4.39. The van der Waals surface area contributed by atoms with Crippen LogP contribution in [0.25, 0.3) is 21.9 Å². The van der Waals surface area contributed by atoms with Crippen LogP contribution in [0, 0.1) is 24.1 Å². The van der Waals surface area contributed by atoms with Gasteiger partial charge in [0, 0.05) is 47.3 Å². The number of nitrogens with two attached hydrogens (primary N) is 1. The summed E-state index contributed by atoms with van der Waals surface area (Å²) < 4.78 is 31.5. The highest BCUT2D eigenvalue weighted by atomic mass is 19.1. The number of hydrogen-bond acceptors (Lipinski definition) is 8. The molecule has 3 aromatic rings. The maximum atomic E-state index is 15.4. The van der Waals surface area contributed by atoms with E-state index in [0.29, 0.717) is 66.0 Å². The van der Waals surface area contributed by atoms with Crippen LogP contribution in [-0.2, 0) is 9.47 Å². The summed E-state index contributed by atoms with van der Waals surface area (Å²) >= 11 is 0. The smallest absolute Gasteiger partial charge is 0.413 e. The number of fused-ring (bicyclic) bond motifs is 2. The van der Waals surface area contributed by atoms with Gasteiger partial charge >= 0.3 is 6.09 Å². The minimum Gasteiger partial charge on any atom is -0.477 e. The Labute approximate surface area is 194 Å². The van der Waals surface area contributed by atoms with Crippen LogP contribution >= 0.6 is 0 Å². The number of pyridine rings is 2. The molecule has 0 saturated carbocycles. The van der Waals surface area contributed by atoms with E-state index in [9.17, 15) is 10.1 Å². The number of halogens is 1. The Morgan fingerprint density at radius 2 is 2.12 bits per heavy atom. The highest BCUT2D eigenvalue weighted by Crippen LogP contribution is 2.41. The number of nitrogens with zero attached hydrogens (tertiary/aromatic N) is 3. The molecule has 1 aromatic carbocycles. The van der Waals surface area contributed by atoms with Gasteiger partial charge < -0.3 is 19.9 Å². The van der Waals surface area contributed by atoms with Crippen molar-refractivity contribution < 1.29 is 23.4 Å². The van der Waals surface area contributed by atoms with Gasteiger partial charge in [-0.1, -0.05) is 0 Å². The zero-order chi connectivity index (χ0) is 23.8. The standard InChI is InChI=1S/C24H22FN5O4/c1-12-17(9-29-23-20(12)13(8-26)2-5-33-23)16-6-14-7-19(28-10-18(14)22(27)21(16)25)30-24(31)34-15-3-4-32-11-15/h6-7,9-10,13,15H,2-5,11,27H2,1H3,(H,28,30,31)/t13-,15+/m1/s1. The minimum absolute atomic E-state index is 0.0672. The van der Waals surface area contributed by atoms with Crippen LogP contribution in [0.4, 0.5) is 20.7 Å². The molecule has 0 radical (unpaired) electrons. The number of nitrogens with one attached hydrogen (secondary N) is 1. The molecule has 2 aliphatic rings. The average molecular weight is 463 g/mol. The molecule has 1 amide bonds. The van der Waals surface area contributed by atoms with Crippen LogP contribution in [0.1, 0.15) is 29.9 Å². The van der Waals surface area contributed by atoms with E-state index in [1.54, 1.807) is 12.1 Å². The Kier molecular flexibility index (Phi) is 5.63. The quantitative estimate of drug-likeness (QED) is 0.556. The molecule has 0 unspecified atom stereocenters. The van der Waals surface area contributed by atoms with Gasteiger partial charge in [0.2, 0.25) is 5.88 Å². The van der Waals surface area contributed by atoms with Gasteiger partial charge in [0.05, 0.1) is 37.5 Å². The van der Waals surface area contributed by atoms with E-state index in [1.807, 2.05) is 6.92 Å². The minimum atomic E-state index is -0.644. The second-order valence-electron chi connectivity index (χ2n) is 8.29. The van der Waals surface area contributed by atoms with E-state index in [4.69, 9.17) is 19.9 Å². The lowest BCUT2D eigenvalue weighted by atomic mass is 9.88. The Morgan fingerprint density at radius 3 is 2.88 bits per heavy atom. The molecule has 5 rings (SSSR count). The van der Waals surface area contributed by atoms with Gasteiger partial charge in [-0.15, -0.1) is 0 Å². The van der Waals surface area contributed by atoms with E-state index in [-0.39, 0.29) is 29.1 Å². The van der Waals surface area contributed by atoms with Gasteiger partial charge in [0.15, 0.2) is 5.82 Å². The number of benzene rings is 1. The summed E-state index contributed by atoms with van der Waals surface area (Å²) in [6, 6.07) is 5.51. The second kappa shape index (κ2) is 8.76. The monoisotopic (exact) mass is 463 g/mol. The van der Waals surface area contributed by atoms with Crippen molar-refractivity contribution in [1.29, 1.82) is 5.26 Å². The topological polar surface area (TPSA) is 132 Å². The van der Waals surface area contributed by atoms with Crippen LogP contribution in [-0.4, -0.2) is 42.0 Å². The first-order valence-electron chi connectivity index (χ1n) is 10.9. The molecule has 1 fully saturated rings. The molecule has 174 valence electrons. The van der Waals surface area contributed by atoms with Crippen molar-refractivity contribution in [2.24, 2.45) is 0 Å². The number of aromatic nitrogens is 2. The summed E-state index contributed by atoms with van der Waals surface area (Å²) in [7, 11) is 0. The molecule has 2 aliphatic heterocycles. The molecule has 0 spiro atoms. The van der Waals surface area contributed by atoms with E-state index in [0.717, 1.165) is 0 Å². The first-order chi connectivity index (χ1) is 16.5. The number of nitriles is 1. The Morgan fingerprint density at radius 1 is 1.26 bits per heavy atom. The first-order valence-corrected chi connectivity index (χ1v) is 10.9. The number of ether oxygens (including phenoxy) is 3. The summed E-state index contributed by atoms with van der Waals surface area (Å²) in [5.41, 5.74) is 8.19. The molecule has 2 aromatic heterocycles. The second-order valence-corrected chi connectivity index (χ2v) is 8.29. The van der Waals surface area contributed by atoms with Crippen molar-refractivity contribution in [1.82, 2.24) is 9.97 Å². The van der Waals surface area contributed by atoms with Crippen LogP contribution < -0.4 is 15.8 Å². The SMILES string of the molecule is Cc1c(-c2cc3cc(NC(=O)O[C@H]4CCOC4)ncc3c(N)c2F)cnc2c1[C@@H](C#N)CCO2. The lowest BCUT2D eigenvalue weighted by Gasteiger charge is -2.24. The van der Waals surface area contributed by atoms with Gasteiger partial charge in [0.25, 0.3) is 0 Å². The molecule has 4 heterocycles. The van der Waals surface area contributed by atoms with Crippen LogP contribution in [0.3, 0.4) is 0 Å². The van der Waals surface area contributed by atoms with Crippen molar-refractivity contribution in [2.75, 3.05) is 30.9 Å². The fourth-order valence-corrected chi connectivity index (χ4v) is 4.39. The van der Waals surface area contributed by atoms with Crippen molar-refractivity contribution in [2.45, 2.75) is 31.8 Å². The number of nitrogen functional groups attached to an aromatic ring is 1. The molecule has 2 atom stereocenters. The maximum absolute atomic E-state index is 15.4. The zero-order valence-electron chi connectivity index (χ0n) is 18.4. The van der Waals surface area contributed by atoms with Crippen molar-refractivity contribution >= 4 is 28.4 Å². The molecule has 3 N–H and O–H groups in total. The number of amides is 1. The van der Waals surface area contributed by atoms with E-state index in [2.05, 4.69) is 21.4 Å². The van der Waals surface area contributed by atoms with Crippen molar-refractivity contribution in [3.05, 3.63) is 41.5 Å². The molecule has 0 bridgehead atoms. The predicted molar refractivity (Wildman–Crippen MR) is 122 cm³/mol. The lowest BCUT2D eigenvalue weighted by Crippen LogP contribution is -2.22. The maximum Gasteiger partial charge on any atom is 0.413 e. The van der Waals surface area contributed by atoms with Gasteiger partial charge in [-0.05, 0) is 30.0 Å². The number of anilines is 2. The normalized spacial score (nSPS) is 19.2. The number of hydrogen-bond donors (Lipinski definition) is 2. The Balaban J connectivity index is 1.53. The molecule has 9 nitrogen and oxygen atoms in total. The number of rotatable bonds is 3. The van der Waals surface area contributed by atoms with E-state index in [1.165, 1.54) is 12.4 Å². The molecular formula is C24H22FN5O4. The molecule has 10 heteroatoms. The Bertz CT molecular complexity index is 1330. The van der Waals surface area contributed by atoms with E-state index >= 15 is 4.39 Å². The third-order valence-electron chi connectivity index (χ3n) is 6.18. The van der Waals surface area contributed by atoms with Gasteiger partial charge in [-0.25, -0.2) is 19.2 Å². The summed E-state index contributed by atoms with van der Waals surface area (Å²) in [6.45, 7) is 3.14. The molecular weight excluding hydrogens is 441 g/mol. The zero-order valence-corrected chi connectivity index (χ0v) is 18.4. The van der Waals surface area contributed by atoms with Gasteiger partial charge in [-0.2, -0.15) is 5.26 Å². The van der Waals surface area contributed by atoms with Crippen LogP contribution in [0.2, 0.25) is 0 Å². The summed E-state index contributed by atoms with van der Waals surface area (Å²) in [5, 5.41) is 13.1. The Hall–Kier alpha value is -3.97. The van der Waals surface area contributed by atoms with Gasteiger partial charge in [-0.3, -0.25) is 5.32 Å².